The minimum Gasteiger partial charge on any atom is -0.389 e. The van der Waals surface area contributed by atoms with Gasteiger partial charge < -0.3 is 15.8 Å². The van der Waals surface area contributed by atoms with Gasteiger partial charge in [0, 0.05) is 28.9 Å². The number of halogens is 1. The number of nitrogens with one attached hydrogen (secondary N) is 1. The molecule has 0 aliphatic rings. The minimum absolute atomic E-state index is 0.399. The highest BCUT2D eigenvalue weighted by Crippen LogP contribution is 2.21. The summed E-state index contributed by atoms with van der Waals surface area (Å²) in [4.78, 5) is 0.399. The summed E-state index contributed by atoms with van der Waals surface area (Å²) < 4.78 is 6.45. The molecule has 5 heteroatoms. The molecular formula is C14H21BrN2OS. The first kappa shape index (κ1) is 16.4. The Morgan fingerprint density at radius 1 is 1.42 bits per heavy atom. The largest absolute Gasteiger partial charge is 0.389 e. The molecule has 1 aromatic carbocycles. The molecule has 0 spiro atoms. The summed E-state index contributed by atoms with van der Waals surface area (Å²) in [6, 6.07) is 5.85. The normalized spacial score (nSPS) is 10.7. The van der Waals surface area contributed by atoms with E-state index in [-0.39, 0.29) is 0 Å². The third kappa shape index (κ3) is 6.36. The Labute approximate surface area is 129 Å². The molecule has 0 aliphatic carbocycles. The van der Waals surface area contributed by atoms with E-state index in [0.717, 1.165) is 35.3 Å². The molecule has 0 unspecified atom stereocenters. The number of anilines is 1. The van der Waals surface area contributed by atoms with Gasteiger partial charge in [0.15, 0.2) is 0 Å². The van der Waals surface area contributed by atoms with Gasteiger partial charge in [-0.2, -0.15) is 0 Å². The second-order valence-electron chi connectivity index (χ2n) is 4.78. The van der Waals surface area contributed by atoms with Gasteiger partial charge in [-0.25, -0.2) is 0 Å². The molecule has 1 aromatic rings. The van der Waals surface area contributed by atoms with E-state index in [1.54, 1.807) is 0 Å². The number of ether oxygens (including phenoxy) is 1. The monoisotopic (exact) mass is 344 g/mol. The Morgan fingerprint density at radius 3 is 2.74 bits per heavy atom. The number of nitrogens with two attached hydrogens (primary N) is 1. The van der Waals surface area contributed by atoms with E-state index < -0.39 is 0 Å². The van der Waals surface area contributed by atoms with Crippen LogP contribution in [0.1, 0.15) is 25.8 Å². The summed E-state index contributed by atoms with van der Waals surface area (Å²) in [6.07, 6.45) is 1.11. The fourth-order valence-corrected chi connectivity index (χ4v) is 2.42. The molecule has 3 N–H and O–H groups in total. The van der Waals surface area contributed by atoms with Crippen molar-refractivity contribution in [2.24, 2.45) is 11.7 Å². The minimum atomic E-state index is 0.399. The standard InChI is InChI=1S/C14H21BrN2OS/c1-10(2)5-7-18-8-6-17-11-3-4-12(14(16)19)13(15)9-11/h3-4,9-10,17H,5-8H2,1-2H3,(H2,16,19). The van der Waals surface area contributed by atoms with Crippen molar-refractivity contribution >= 4 is 38.8 Å². The van der Waals surface area contributed by atoms with Crippen molar-refractivity contribution in [3.8, 4) is 0 Å². The maximum Gasteiger partial charge on any atom is 0.105 e. The van der Waals surface area contributed by atoms with Gasteiger partial charge in [-0.15, -0.1) is 0 Å². The molecular weight excluding hydrogens is 324 g/mol. The highest BCUT2D eigenvalue weighted by molar-refractivity contribution is 9.10. The SMILES string of the molecule is CC(C)CCOCCNc1ccc(C(N)=S)c(Br)c1. The fourth-order valence-electron chi connectivity index (χ4n) is 1.51. The van der Waals surface area contributed by atoms with Gasteiger partial charge in [0.1, 0.15) is 4.99 Å². The van der Waals surface area contributed by atoms with Crippen LogP contribution in [0.2, 0.25) is 0 Å². The Morgan fingerprint density at radius 2 is 2.16 bits per heavy atom. The molecule has 0 aliphatic heterocycles. The second kappa shape index (κ2) is 8.51. The maximum absolute atomic E-state index is 5.61. The van der Waals surface area contributed by atoms with Gasteiger partial charge in [-0.05, 0) is 46.5 Å². The molecule has 0 atom stereocenters. The van der Waals surface area contributed by atoms with Crippen LogP contribution in [0.15, 0.2) is 22.7 Å². The first-order chi connectivity index (χ1) is 9.00. The van der Waals surface area contributed by atoms with Gasteiger partial charge in [0.2, 0.25) is 0 Å². The van der Waals surface area contributed by atoms with Crippen LogP contribution in [-0.2, 0) is 4.74 Å². The number of rotatable bonds is 8. The van der Waals surface area contributed by atoms with Crippen molar-refractivity contribution in [2.45, 2.75) is 20.3 Å². The van der Waals surface area contributed by atoms with Gasteiger partial charge in [0.05, 0.1) is 6.61 Å². The number of thiocarbonyl (C=S) groups is 1. The first-order valence-electron chi connectivity index (χ1n) is 6.41. The summed E-state index contributed by atoms with van der Waals surface area (Å²) in [5.74, 6) is 0.691. The fraction of sp³-hybridized carbons (Fsp3) is 0.500. The lowest BCUT2D eigenvalue weighted by Gasteiger charge is -2.10. The first-order valence-corrected chi connectivity index (χ1v) is 7.61. The average molecular weight is 345 g/mol. The molecule has 0 saturated carbocycles. The van der Waals surface area contributed by atoms with Crippen LogP contribution in [0.25, 0.3) is 0 Å². The number of benzene rings is 1. The van der Waals surface area contributed by atoms with Crippen molar-refractivity contribution in [1.82, 2.24) is 0 Å². The zero-order valence-corrected chi connectivity index (χ0v) is 13.8. The predicted octanol–water partition coefficient (Wildman–Crippen LogP) is 3.56. The zero-order valence-electron chi connectivity index (χ0n) is 11.4. The quantitative estimate of drug-likeness (QED) is 0.559. The van der Waals surface area contributed by atoms with Crippen LogP contribution in [0.3, 0.4) is 0 Å². The van der Waals surface area contributed by atoms with Crippen LogP contribution in [0.4, 0.5) is 5.69 Å². The molecule has 0 fully saturated rings. The van der Waals surface area contributed by atoms with E-state index >= 15 is 0 Å². The lowest BCUT2D eigenvalue weighted by atomic mass is 10.1. The summed E-state index contributed by atoms with van der Waals surface area (Å²) >= 11 is 8.42. The maximum atomic E-state index is 5.61. The van der Waals surface area contributed by atoms with Crippen LogP contribution in [0, 0.1) is 5.92 Å². The average Bonchev–Trinajstić information content (AvgIpc) is 2.32. The van der Waals surface area contributed by atoms with E-state index in [9.17, 15) is 0 Å². The van der Waals surface area contributed by atoms with Gasteiger partial charge >= 0.3 is 0 Å². The molecule has 106 valence electrons. The van der Waals surface area contributed by atoms with Gasteiger partial charge in [-0.3, -0.25) is 0 Å². The molecule has 0 radical (unpaired) electrons. The van der Waals surface area contributed by atoms with E-state index in [4.69, 9.17) is 22.7 Å². The van der Waals surface area contributed by atoms with E-state index in [1.165, 1.54) is 0 Å². The molecule has 0 amide bonds. The van der Waals surface area contributed by atoms with Crippen LogP contribution >= 0.6 is 28.1 Å². The molecule has 0 saturated heterocycles. The lowest BCUT2D eigenvalue weighted by molar-refractivity contribution is 0.132. The highest BCUT2D eigenvalue weighted by atomic mass is 79.9. The lowest BCUT2D eigenvalue weighted by Crippen LogP contribution is -2.12. The topological polar surface area (TPSA) is 47.3 Å². The Kier molecular flexibility index (Phi) is 7.34. The Hall–Kier alpha value is -0.650. The summed E-state index contributed by atoms with van der Waals surface area (Å²) in [7, 11) is 0. The summed E-state index contributed by atoms with van der Waals surface area (Å²) in [5, 5.41) is 3.30. The van der Waals surface area contributed by atoms with E-state index in [0.29, 0.717) is 17.5 Å². The van der Waals surface area contributed by atoms with Gasteiger partial charge in [-0.1, -0.05) is 26.1 Å². The molecule has 0 bridgehead atoms. The smallest absolute Gasteiger partial charge is 0.105 e. The molecule has 19 heavy (non-hydrogen) atoms. The Bertz CT molecular complexity index is 424. The van der Waals surface area contributed by atoms with Crippen molar-refractivity contribution < 1.29 is 4.74 Å². The summed E-state index contributed by atoms with van der Waals surface area (Å²) in [5.41, 5.74) is 7.49. The van der Waals surface area contributed by atoms with Crippen LogP contribution in [-0.4, -0.2) is 24.7 Å². The predicted molar refractivity (Wildman–Crippen MR) is 88.8 cm³/mol. The third-order valence-corrected chi connectivity index (χ3v) is 3.53. The van der Waals surface area contributed by atoms with Gasteiger partial charge in [0.25, 0.3) is 0 Å². The zero-order chi connectivity index (χ0) is 14.3. The Balaban J connectivity index is 2.30. The van der Waals surface area contributed by atoms with Crippen LogP contribution < -0.4 is 11.1 Å². The van der Waals surface area contributed by atoms with Crippen molar-refractivity contribution in [1.29, 1.82) is 0 Å². The van der Waals surface area contributed by atoms with Crippen molar-refractivity contribution in [3.05, 3.63) is 28.2 Å². The van der Waals surface area contributed by atoms with E-state index in [2.05, 4.69) is 35.1 Å². The molecule has 0 aromatic heterocycles. The molecule has 1 rings (SSSR count). The van der Waals surface area contributed by atoms with E-state index in [1.807, 2.05) is 18.2 Å². The molecule has 3 nitrogen and oxygen atoms in total. The second-order valence-corrected chi connectivity index (χ2v) is 6.07. The van der Waals surface area contributed by atoms with Crippen molar-refractivity contribution in [2.75, 3.05) is 25.1 Å². The molecule has 0 heterocycles. The third-order valence-electron chi connectivity index (χ3n) is 2.65. The number of hydrogen-bond donors (Lipinski definition) is 2. The van der Waals surface area contributed by atoms with Crippen LogP contribution in [0.5, 0.6) is 0 Å². The summed E-state index contributed by atoms with van der Waals surface area (Å²) in [6.45, 7) is 6.72. The van der Waals surface area contributed by atoms with Crippen molar-refractivity contribution in [3.63, 3.8) is 0 Å². The highest BCUT2D eigenvalue weighted by Gasteiger charge is 2.03. The number of hydrogen-bond acceptors (Lipinski definition) is 3.